The van der Waals surface area contributed by atoms with E-state index in [2.05, 4.69) is 15.0 Å². The van der Waals surface area contributed by atoms with Crippen molar-refractivity contribution in [3.05, 3.63) is 36.9 Å². The van der Waals surface area contributed by atoms with Crippen molar-refractivity contribution in [1.29, 1.82) is 0 Å². The summed E-state index contributed by atoms with van der Waals surface area (Å²) in [7, 11) is 5.53. The first-order valence-electron chi connectivity index (χ1n) is 6.20. The highest BCUT2D eigenvalue weighted by Gasteiger charge is 2.12. The van der Waals surface area contributed by atoms with Crippen molar-refractivity contribution in [3.8, 4) is 11.4 Å². The predicted octanol–water partition coefficient (Wildman–Crippen LogP) is 1.89. The Bertz CT molecular complexity index is 733. The number of ether oxygens (including phenoxy) is 1. The van der Waals surface area contributed by atoms with Gasteiger partial charge in [-0.25, -0.2) is 15.0 Å². The van der Waals surface area contributed by atoms with Gasteiger partial charge in [-0.2, -0.15) is 0 Å². The van der Waals surface area contributed by atoms with E-state index in [1.807, 2.05) is 47.8 Å². The third kappa shape index (κ3) is 1.95. The van der Waals surface area contributed by atoms with E-state index in [1.165, 1.54) is 0 Å². The van der Waals surface area contributed by atoms with Crippen LogP contribution in [0, 0.1) is 0 Å². The minimum absolute atomic E-state index is 0.785. The molecule has 1 aromatic carbocycles. The Morgan fingerprint density at radius 2 is 1.80 bits per heavy atom. The second kappa shape index (κ2) is 4.80. The largest absolute Gasteiger partial charge is 0.497 e. The van der Waals surface area contributed by atoms with E-state index in [0.717, 1.165) is 28.4 Å². The van der Waals surface area contributed by atoms with E-state index < -0.39 is 0 Å². The van der Waals surface area contributed by atoms with Gasteiger partial charge >= 0.3 is 0 Å². The normalized spacial score (nSPS) is 10.8. The van der Waals surface area contributed by atoms with Crippen LogP contribution >= 0.6 is 0 Å². The molecule has 3 rings (SSSR count). The highest BCUT2D eigenvalue weighted by molar-refractivity contribution is 5.84. The fraction of sp³-hybridized carbons (Fsp3) is 0.214. The second-order valence-electron chi connectivity index (χ2n) is 4.58. The molecule has 0 bridgehead atoms. The number of benzene rings is 1. The SMILES string of the molecule is COc1ccc(-n2cnc3c(N(C)C)ncnc32)cc1. The molecule has 20 heavy (non-hydrogen) atoms. The fourth-order valence-corrected chi connectivity index (χ4v) is 2.08. The maximum atomic E-state index is 5.17. The number of hydrogen-bond donors (Lipinski definition) is 0. The van der Waals surface area contributed by atoms with E-state index in [-0.39, 0.29) is 0 Å². The molecule has 0 N–H and O–H groups in total. The zero-order chi connectivity index (χ0) is 14.1. The molecule has 0 radical (unpaired) electrons. The van der Waals surface area contributed by atoms with E-state index >= 15 is 0 Å². The molecular formula is C14H15N5O. The lowest BCUT2D eigenvalue weighted by molar-refractivity contribution is 0.415. The molecule has 0 saturated heterocycles. The molecule has 0 aliphatic carbocycles. The van der Waals surface area contributed by atoms with Crippen molar-refractivity contribution in [1.82, 2.24) is 19.5 Å². The van der Waals surface area contributed by atoms with Crippen LogP contribution in [0.25, 0.3) is 16.9 Å². The molecule has 0 amide bonds. The van der Waals surface area contributed by atoms with Gasteiger partial charge in [-0.1, -0.05) is 0 Å². The van der Waals surface area contributed by atoms with Gasteiger partial charge in [-0.15, -0.1) is 0 Å². The highest BCUT2D eigenvalue weighted by atomic mass is 16.5. The fourth-order valence-electron chi connectivity index (χ4n) is 2.08. The van der Waals surface area contributed by atoms with Gasteiger partial charge in [0, 0.05) is 19.8 Å². The first-order valence-corrected chi connectivity index (χ1v) is 6.20. The molecule has 0 unspecified atom stereocenters. The van der Waals surface area contributed by atoms with E-state index in [4.69, 9.17) is 4.74 Å². The van der Waals surface area contributed by atoms with Crippen molar-refractivity contribution in [3.63, 3.8) is 0 Å². The molecule has 102 valence electrons. The van der Waals surface area contributed by atoms with Crippen LogP contribution in [-0.2, 0) is 0 Å². The van der Waals surface area contributed by atoms with Crippen LogP contribution in [0.4, 0.5) is 5.82 Å². The van der Waals surface area contributed by atoms with Crippen LogP contribution in [0.15, 0.2) is 36.9 Å². The Hall–Kier alpha value is -2.63. The molecule has 0 aliphatic rings. The van der Waals surface area contributed by atoms with Gasteiger partial charge in [0.25, 0.3) is 0 Å². The van der Waals surface area contributed by atoms with Gasteiger partial charge in [0.05, 0.1) is 7.11 Å². The van der Waals surface area contributed by atoms with Gasteiger partial charge in [0.2, 0.25) is 0 Å². The molecule has 2 aromatic heterocycles. The number of anilines is 1. The maximum Gasteiger partial charge on any atom is 0.170 e. The molecule has 6 heteroatoms. The van der Waals surface area contributed by atoms with Crippen LogP contribution < -0.4 is 9.64 Å². The summed E-state index contributed by atoms with van der Waals surface area (Å²) >= 11 is 0. The number of aromatic nitrogens is 4. The highest BCUT2D eigenvalue weighted by Crippen LogP contribution is 2.23. The average molecular weight is 269 g/mol. The molecule has 0 spiro atoms. The Labute approximate surface area is 116 Å². The quantitative estimate of drug-likeness (QED) is 0.726. The Morgan fingerprint density at radius 3 is 2.45 bits per heavy atom. The molecule has 0 aliphatic heterocycles. The number of imidazole rings is 1. The Kier molecular flexibility index (Phi) is 2.98. The van der Waals surface area contributed by atoms with Crippen molar-refractivity contribution in [2.75, 3.05) is 26.1 Å². The topological polar surface area (TPSA) is 56.1 Å². The number of nitrogens with zero attached hydrogens (tertiary/aromatic N) is 5. The van der Waals surface area contributed by atoms with Crippen LogP contribution in [0.1, 0.15) is 0 Å². The number of fused-ring (bicyclic) bond motifs is 1. The lowest BCUT2D eigenvalue weighted by Crippen LogP contribution is -2.11. The van der Waals surface area contributed by atoms with Crippen molar-refractivity contribution >= 4 is 17.0 Å². The predicted molar refractivity (Wildman–Crippen MR) is 77.5 cm³/mol. The van der Waals surface area contributed by atoms with Crippen LogP contribution in [0.5, 0.6) is 5.75 Å². The number of hydrogen-bond acceptors (Lipinski definition) is 5. The number of methoxy groups -OCH3 is 1. The summed E-state index contributed by atoms with van der Waals surface area (Å²) in [6.07, 6.45) is 3.31. The third-order valence-corrected chi connectivity index (χ3v) is 3.09. The van der Waals surface area contributed by atoms with Crippen molar-refractivity contribution in [2.45, 2.75) is 0 Å². The molecule has 6 nitrogen and oxygen atoms in total. The lowest BCUT2D eigenvalue weighted by Gasteiger charge is -2.11. The van der Waals surface area contributed by atoms with E-state index in [1.54, 1.807) is 19.8 Å². The van der Waals surface area contributed by atoms with Crippen LogP contribution in [0.3, 0.4) is 0 Å². The van der Waals surface area contributed by atoms with Crippen molar-refractivity contribution < 1.29 is 4.74 Å². The van der Waals surface area contributed by atoms with Gasteiger partial charge in [0.1, 0.15) is 18.4 Å². The Balaban J connectivity index is 2.14. The van der Waals surface area contributed by atoms with Gasteiger partial charge in [-0.05, 0) is 24.3 Å². The summed E-state index contributed by atoms with van der Waals surface area (Å²) in [4.78, 5) is 14.9. The van der Waals surface area contributed by atoms with Crippen LogP contribution in [0.2, 0.25) is 0 Å². The first-order chi connectivity index (χ1) is 9.70. The molecular weight excluding hydrogens is 254 g/mol. The maximum absolute atomic E-state index is 5.17. The summed E-state index contributed by atoms with van der Waals surface area (Å²) in [6.45, 7) is 0. The lowest BCUT2D eigenvalue weighted by atomic mass is 10.3. The van der Waals surface area contributed by atoms with Gasteiger partial charge in [0.15, 0.2) is 17.0 Å². The summed E-state index contributed by atoms with van der Waals surface area (Å²) in [6, 6.07) is 7.76. The van der Waals surface area contributed by atoms with E-state index in [0.29, 0.717) is 0 Å². The number of rotatable bonds is 3. The second-order valence-corrected chi connectivity index (χ2v) is 4.58. The molecule has 2 heterocycles. The zero-order valence-electron chi connectivity index (χ0n) is 11.6. The summed E-state index contributed by atoms with van der Waals surface area (Å²) in [5.74, 6) is 1.63. The third-order valence-electron chi connectivity index (χ3n) is 3.09. The molecule has 0 fully saturated rings. The summed E-state index contributed by atoms with van der Waals surface area (Å²) < 4.78 is 7.10. The Morgan fingerprint density at radius 1 is 1.05 bits per heavy atom. The monoisotopic (exact) mass is 269 g/mol. The summed E-state index contributed by atoms with van der Waals surface area (Å²) in [5, 5.41) is 0. The zero-order valence-corrected chi connectivity index (χ0v) is 11.6. The van der Waals surface area contributed by atoms with Crippen LogP contribution in [-0.4, -0.2) is 40.7 Å². The van der Waals surface area contributed by atoms with E-state index in [9.17, 15) is 0 Å². The van der Waals surface area contributed by atoms with Gasteiger partial charge < -0.3 is 9.64 Å². The van der Waals surface area contributed by atoms with Gasteiger partial charge in [-0.3, -0.25) is 4.57 Å². The first kappa shape index (κ1) is 12.4. The molecule has 3 aromatic rings. The average Bonchev–Trinajstić information content (AvgIpc) is 2.91. The molecule has 0 atom stereocenters. The molecule has 0 saturated carbocycles. The van der Waals surface area contributed by atoms with Crippen molar-refractivity contribution in [2.24, 2.45) is 0 Å². The summed E-state index contributed by atoms with van der Waals surface area (Å²) in [5.41, 5.74) is 2.55. The minimum Gasteiger partial charge on any atom is -0.497 e. The smallest absolute Gasteiger partial charge is 0.170 e. The standard InChI is InChI=1S/C14H15N5O/c1-18(2)13-12-14(16-8-15-13)19(9-17-12)10-4-6-11(20-3)7-5-10/h4-9H,1-3H3. The minimum atomic E-state index is 0.785.